The van der Waals surface area contributed by atoms with Crippen LogP contribution in [0.5, 0.6) is 0 Å². The smallest absolute Gasteiger partial charge is 0.349 e. The number of amides is 2. The second-order valence-corrected chi connectivity index (χ2v) is 8.77. The maximum atomic E-state index is 12.8. The molecule has 2 amide bonds. The molecule has 0 atom stereocenters. The first-order valence-electron chi connectivity index (χ1n) is 11.2. The number of nitrogens with zero attached hydrogens (tertiary/aromatic N) is 3. The van der Waals surface area contributed by atoms with E-state index in [1.54, 1.807) is 10.9 Å². The Morgan fingerprint density at radius 1 is 1.06 bits per heavy atom. The van der Waals surface area contributed by atoms with Gasteiger partial charge in [0.25, 0.3) is 11.5 Å². The van der Waals surface area contributed by atoms with Gasteiger partial charge in [0, 0.05) is 43.0 Å². The van der Waals surface area contributed by atoms with E-state index in [0.717, 1.165) is 43.9 Å². The van der Waals surface area contributed by atoms with Crippen molar-refractivity contribution >= 4 is 11.8 Å². The molecule has 4 rings (SSSR count). The third-order valence-electron chi connectivity index (χ3n) is 6.46. The van der Waals surface area contributed by atoms with Gasteiger partial charge in [-0.25, -0.2) is 4.98 Å². The lowest BCUT2D eigenvalue weighted by Gasteiger charge is -2.46. The van der Waals surface area contributed by atoms with Gasteiger partial charge in [0.05, 0.1) is 24.5 Å². The summed E-state index contributed by atoms with van der Waals surface area (Å²) in [4.78, 5) is 42.6. The molecule has 1 saturated heterocycles. The molecule has 8 nitrogen and oxygen atoms in total. The van der Waals surface area contributed by atoms with Crippen molar-refractivity contribution in [3.8, 4) is 0 Å². The Balaban J connectivity index is 1.17. The molecule has 1 saturated carbocycles. The zero-order valence-corrected chi connectivity index (χ0v) is 18.4. The Labute approximate surface area is 194 Å². The molecule has 2 heterocycles. The van der Waals surface area contributed by atoms with Crippen molar-refractivity contribution in [2.45, 2.75) is 50.0 Å². The normalized spacial score (nSPS) is 21.5. The predicted octanol–water partition coefficient (Wildman–Crippen LogP) is 1.98. The van der Waals surface area contributed by atoms with Gasteiger partial charge in [-0.15, -0.1) is 0 Å². The van der Waals surface area contributed by atoms with Gasteiger partial charge in [0.1, 0.15) is 0 Å². The molecule has 2 aliphatic rings. The highest BCUT2D eigenvalue weighted by molar-refractivity contribution is 5.96. The monoisotopic (exact) mass is 477 g/mol. The zero-order chi connectivity index (χ0) is 24.3. The van der Waals surface area contributed by atoms with Gasteiger partial charge in [-0.05, 0) is 43.9 Å². The molecule has 2 aromatic rings. The maximum absolute atomic E-state index is 12.8. The lowest BCUT2D eigenvalue weighted by Crippen LogP contribution is -2.63. The first kappa shape index (κ1) is 23.9. The third kappa shape index (κ3) is 5.64. The summed E-state index contributed by atoms with van der Waals surface area (Å²) in [7, 11) is 0. The standard InChI is InChI=1S/C23H26F3N5O3/c24-23(25,26)16-3-1-2-15(10-16)22(34)28-11-20(32)29-17-12-30(13-17)18-4-6-19(7-5-18)31-14-27-9-8-21(31)33/h1-3,8-10,14,17-19H,4-7,11-13H2,(H,28,34)(H,29,32). The fourth-order valence-corrected chi connectivity index (χ4v) is 4.62. The summed E-state index contributed by atoms with van der Waals surface area (Å²) in [6.07, 6.45) is 2.25. The number of carbonyl (C=O) groups is 2. The summed E-state index contributed by atoms with van der Waals surface area (Å²) in [6, 6.07) is 6.07. The molecule has 11 heteroatoms. The van der Waals surface area contributed by atoms with E-state index in [1.807, 2.05) is 0 Å². The Hall–Kier alpha value is -3.21. The number of nitrogens with one attached hydrogen (secondary N) is 2. The number of halogens is 3. The van der Waals surface area contributed by atoms with Gasteiger partial charge < -0.3 is 10.6 Å². The Kier molecular flexibility index (Phi) is 7.01. The molecule has 182 valence electrons. The Morgan fingerprint density at radius 3 is 2.44 bits per heavy atom. The number of benzene rings is 1. The second kappa shape index (κ2) is 9.96. The van der Waals surface area contributed by atoms with Crippen LogP contribution in [0.3, 0.4) is 0 Å². The molecule has 0 radical (unpaired) electrons. The average molecular weight is 477 g/mol. The molecule has 0 unspecified atom stereocenters. The van der Waals surface area contributed by atoms with Crippen LogP contribution >= 0.6 is 0 Å². The van der Waals surface area contributed by atoms with Crippen LogP contribution in [0.15, 0.2) is 47.7 Å². The Bertz CT molecular complexity index is 1090. The molecule has 1 aromatic carbocycles. The number of alkyl halides is 3. The van der Waals surface area contributed by atoms with Crippen LogP contribution in [-0.4, -0.2) is 58.0 Å². The van der Waals surface area contributed by atoms with Gasteiger partial charge in [0.2, 0.25) is 5.91 Å². The van der Waals surface area contributed by atoms with E-state index in [4.69, 9.17) is 0 Å². The van der Waals surface area contributed by atoms with Gasteiger partial charge in [-0.3, -0.25) is 23.9 Å². The molecule has 0 bridgehead atoms. The zero-order valence-electron chi connectivity index (χ0n) is 18.4. The highest BCUT2D eigenvalue weighted by Gasteiger charge is 2.35. The van der Waals surface area contributed by atoms with Gasteiger partial charge in [-0.2, -0.15) is 13.2 Å². The van der Waals surface area contributed by atoms with Crippen LogP contribution in [0, 0.1) is 0 Å². The van der Waals surface area contributed by atoms with Crippen LogP contribution in [0.2, 0.25) is 0 Å². The van der Waals surface area contributed by atoms with E-state index in [-0.39, 0.29) is 35.7 Å². The number of aromatic nitrogens is 2. The van der Waals surface area contributed by atoms with Crippen molar-refractivity contribution in [1.29, 1.82) is 0 Å². The van der Waals surface area contributed by atoms with Gasteiger partial charge in [-0.1, -0.05) is 6.07 Å². The molecule has 1 aliphatic carbocycles. The van der Waals surface area contributed by atoms with E-state index in [2.05, 4.69) is 20.5 Å². The van der Waals surface area contributed by atoms with E-state index >= 15 is 0 Å². The minimum Gasteiger partial charge on any atom is -0.349 e. The van der Waals surface area contributed by atoms with E-state index in [1.165, 1.54) is 18.3 Å². The summed E-state index contributed by atoms with van der Waals surface area (Å²) in [5.74, 6) is -1.12. The number of hydrogen-bond acceptors (Lipinski definition) is 5. The van der Waals surface area contributed by atoms with E-state index in [9.17, 15) is 27.6 Å². The Morgan fingerprint density at radius 2 is 1.76 bits per heavy atom. The fraction of sp³-hybridized carbons (Fsp3) is 0.478. The summed E-state index contributed by atoms with van der Waals surface area (Å²) < 4.78 is 40.1. The molecule has 34 heavy (non-hydrogen) atoms. The van der Waals surface area contributed by atoms with Crippen LogP contribution in [0.1, 0.15) is 47.6 Å². The highest BCUT2D eigenvalue weighted by Crippen LogP contribution is 2.32. The third-order valence-corrected chi connectivity index (χ3v) is 6.46. The predicted molar refractivity (Wildman–Crippen MR) is 117 cm³/mol. The number of rotatable bonds is 6. The second-order valence-electron chi connectivity index (χ2n) is 8.77. The van der Waals surface area contributed by atoms with Crippen molar-refractivity contribution in [2.24, 2.45) is 0 Å². The minimum atomic E-state index is -4.54. The maximum Gasteiger partial charge on any atom is 0.416 e. The quantitative estimate of drug-likeness (QED) is 0.664. The minimum absolute atomic E-state index is 0.0309. The van der Waals surface area contributed by atoms with Crippen molar-refractivity contribution in [3.63, 3.8) is 0 Å². The average Bonchev–Trinajstić information content (AvgIpc) is 2.79. The first-order chi connectivity index (χ1) is 16.2. The molecule has 1 aliphatic heterocycles. The van der Waals surface area contributed by atoms with E-state index < -0.39 is 17.6 Å². The molecule has 2 fully saturated rings. The van der Waals surface area contributed by atoms with Gasteiger partial charge >= 0.3 is 6.18 Å². The van der Waals surface area contributed by atoms with E-state index in [0.29, 0.717) is 19.1 Å². The number of carbonyl (C=O) groups excluding carboxylic acids is 2. The lowest BCUT2D eigenvalue weighted by molar-refractivity contribution is -0.137. The molecule has 2 N–H and O–H groups in total. The van der Waals surface area contributed by atoms with Crippen molar-refractivity contribution in [3.05, 3.63) is 64.3 Å². The lowest BCUT2D eigenvalue weighted by atomic mass is 9.88. The molecular weight excluding hydrogens is 451 g/mol. The summed E-state index contributed by atoms with van der Waals surface area (Å²) in [5, 5.41) is 5.21. The summed E-state index contributed by atoms with van der Waals surface area (Å²) in [6.45, 7) is 1.10. The summed E-state index contributed by atoms with van der Waals surface area (Å²) >= 11 is 0. The number of hydrogen-bond donors (Lipinski definition) is 2. The first-order valence-corrected chi connectivity index (χ1v) is 11.2. The topological polar surface area (TPSA) is 96.3 Å². The highest BCUT2D eigenvalue weighted by atomic mass is 19.4. The molecule has 1 aromatic heterocycles. The van der Waals surface area contributed by atoms with Crippen molar-refractivity contribution < 1.29 is 22.8 Å². The molecular formula is C23H26F3N5O3. The largest absolute Gasteiger partial charge is 0.416 e. The van der Waals surface area contributed by atoms with Crippen LogP contribution in [0.4, 0.5) is 13.2 Å². The number of likely N-dealkylation sites (tertiary alicyclic amines) is 1. The summed E-state index contributed by atoms with van der Waals surface area (Å²) in [5.41, 5.74) is -1.10. The SMILES string of the molecule is O=C(CNC(=O)c1cccc(C(F)(F)F)c1)NC1CN(C2CCC(n3cnccc3=O)CC2)C1. The fourth-order valence-electron chi connectivity index (χ4n) is 4.62. The van der Waals surface area contributed by atoms with Crippen molar-refractivity contribution in [2.75, 3.05) is 19.6 Å². The van der Waals surface area contributed by atoms with Crippen molar-refractivity contribution in [1.82, 2.24) is 25.1 Å². The van der Waals surface area contributed by atoms with Crippen LogP contribution in [-0.2, 0) is 11.0 Å². The van der Waals surface area contributed by atoms with Crippen LogP contribution < -0.4 is 16.2 Å². The molecule has 0 spiro atoms. The van der Waals surface area contributed by atoms with Crippen LogP contribution in [0.25, 0.3) is 0 Å². The van der Waals surface area contributed by atoms with Gasteiger partial charge in [0.15, 0.2) is 0 Å².